The highest BCUT2D eigenvalue weighted by Crippen LogP contribution is 2.36. The summed E-state index contributed by atoms with van der Waals surface area (Å²) in [5.41, 5.74) is 7.30. The maximum Gasteiger partial charge on any atom is 0.165 e. The van der Waals surface area contributed by atoms with Crippen molar-refractivity contribution in [3.05, 3.63) is 71.0 Å². The number of rotatable bonds is 6. The van der Waals surface area contributed by atoms with E-state index in [9.17, 15) is 0 Å². The predicted molar refractivity (Wildman–Crippen MR) is 133 cm³/mol. The highest BCUT2D eigenvalue weighted by molar-refractivity contribution is 5.82. The van der Waals surface area contributed by atoms with Crippen LogP contribution in [0.25, 0.3) is 16.8 Å². The molecule has 2 aromatic carbocycles. The molecular weight excluding hydrogens is 412 g/mol. The predicted octanol–water partition coefficient (Wildman–Crippen LogP) is 5.94. The zero-order valence-corrected chi connectivity index (χ0v) is 20.5. The molecule has 0 aliphatic rings. The summed E-state index contributed by atoms with van der Waals surface area (Å²) in [6.07, 6.45) is 0. The Morgan fingerprint density at radius 1 is 0.909 bits per heavy atom. The standard InChI is InChI=1S/C27H32N4O2/c1-17-14-24(28-16-19-8-11-21(12-9-19)27(3,4)5)31-26(29-17)25(18(2)30-31)20-10-13-22(32-6)23(15-20)33-7/h8-15,28H,16H2,1-7H3. The lowest BCUT2D eigenvalue weighted by Gasteiger charge is -2.19. The Kier molecular flexibility index (Phi) is 6.02. The van der Waals surface area contributed by atoms with Crippen LogP contribution >= 0.6 is 0 Å². The maximum atomic E-state index is 5.51. The highest BCUT2D eigenvalue weighted by atomic mass is 16.5. The van der Waals surface area contributed by atoms with E-state index in [1.807, 2.05) is 42.6 Å². The lowest BCUT2D eigenvalue weighted by Crippen LogP contribution is -2.11. The van der Waals surface area contributed by atoms with Crippen LogP contribution in [-0.4, -0.2) is 28.8 Å². The van der Waals surface area contributed by atoms with Crippen molar-refractivity contribution in [2.75, 3.05) is 19.5 Å². The number of fused-ring (bicyclic) bond motifs is 1. The van der Waals surface area contributed by atoms with Gasteiger partial charge in [0.25, 0.3) is 0 Å². The topological polar surface area (TPSA) is 60.7 Å². The number of ether oxygens (including phenoxy) is 2. The van der Waals surface area contributed by atoms with E-state index in [4.69, 9.17) is 19.6 Å². The van der Waals surface area contributed by atoms with Gasteiger partial charge in [-0.1, -0.05) is 51.1 Å². The molecule has 0 aliphatic carbocycles. The maximum absolute atomic E-state index is 5.51. The lowest BCUT2D eigenvalue weighted by atomic mass is 9.87. The number of aromatic nitrogens is 3. The van der Waals surface area contributed by atoms with Crippen molar-refractivity contribution in [1.82, 2.24) is 14.6 Å². The molecule has 0 spiro atoms. The van der Waals surface area contributed by atoms with Crippen LogP contribution in [0.4, 0.5) is 5.82 Å². The zero-order chi connectivity index (χ0) is 23.8. The van der Waals surface area contributed by atoms with Gasteiger partial charge in [0.15, 0.2) is 17.1 Å². The summed E-state index contributed by atoms with van der Waals surface area (Å²) in [4.78, 5) is 4.81. The molecule has 6 nitrogen and oxygen atoms in total. The van der Waals surface area contributed by atoms with Gasteiger partial charge >= 0.3 is 0 Å². The van der Waals surface area contributed by atoms with E-state index in [0.29, 0.717) is 18.0 Å². The first kappa shape index (κ1) is 22.6. The molecule has 0 unspecified atom stereocenters. The molecule has 2 heterocycles. The molecule has 2 aromatic heterocycles. The van der Waals surface area contributed by atoms with Gasteiger partial charge in [0.05, 0.1) is 19.9 Å². The molecule has 4 aromatic rings. The largest absolute Gasteiger partial charge is 0.493 e. The number of hydrogen-bond acceptors (Lipinski definition) is 5. The molecule has 33 heavy (non-hydrogen) atoms. The molecule has 0 atom stereocenters. The normalized spacial score (nSPS) is 11.6. The number of nitrogens with one attached hydrogen (secondary N) is 1. The van der Waals surface area contributed by atoms with Crippen molar-refractivity contribution in [3.8, 4) is 22.6 Å². The van der Waals surface area contributed by atoms with Crippen molar-refractivity contribution in [1.29, 1.82) is 0 Å². The minimum Gasteiger partial charge on any atom is -0.493 e. The summed E-state index contributed by atoms with van der Waals surface area (Å²) in [5.74, 6) is 2.28. The molecule has 0 saturated carbocycles. The van der Waals surface area contributed by atoms with E-state index < -0.39 is 0 Å². The number of aryl methyl sites for hydroxylation is 2. The van der Waals surface area contributed by atoms with Crippen molar-refractivity contribution >= 4 is 11.5 Å². The number of nitrogens with zero attached hydrogens (tertiary/aromatic N) is 3. The minimum absolute atomic E-state index is 0.146. The van der Waals surface area contributed by atoms with Gasteiger partial charge in [-0.25, -0.2) is 4.98 Å². The third kappa shape index (κ3) is 4.51. The van der Waals surface area contributed by atoms with Crippen LogP contribution in [0.5, 0.6) is 11.5 Å². The molecular formula is C27H32N4O2. The minimum atomic E-state index is 0.146. The van der Waals surface area contributed by atoms with Crippen LogP contribution in [0.3, 0.4) is 0 Å². The molecule has 4 rings (SSSR count). The Labute approximate surface area is 195 Å². The Hall–Kier alpha value is -3.54. The van der Waals surface area contributed by atoms with E-state index in [1.54, 1.807) is 14.2 Å². The molecule has 0 saturated heterocycles. The van der Waals surface area contributed by atoms with Crippen molar-refractivity contribution < 1.29 is 9.47 Å². The van der Waals surface area contributed by atoms with Crippen LogP contribution in [0.2, 0.25) is 0 Å². The Morgan fingerprint density at radius 3 is 2.24 bits per heavy atom. The second-order valence-corrected chi connectivity index (χ2v) is 9.35. The first-order valence-electron chi connectivity index (χ1n) is 11.1. The summed E-state index contributed by atoms with van der Waals surface area (Å²) >= 11 is 0. The third-order valence-electron chi connectivity index (χ3n) is 5.86. The van der Waals surface area contributed by atoms with E-state index in [-0.39, 0.29) is 5.41 Å². The second-order valence-electron chi connectivity index (χ2n) is 9.35. The van der Waals surface area contributed by atoms with E-state index in [2.05, 4.69) is 50.4 Å². The molecule has 0 fully saturated rings. The molecule has 6 heteroatoms. The van der Waals surface area contributed by atoms with Crippen molar-refractivity contribution in [2.24, 2.45) is 0 Å². The summed E-state index contributed by atoms with van der Waals surface area (Å²) in [5, 5.41) is 8.36. The number of benzene rings is 2. The van der Waals surface area contributed by atoms with Crippen LogP contribution in [0.1, 0.15) is 43.3 Å². The molecule has 0 radical (unpaired) electrons. The van der Waals surface area contributed by atoms with Crippen molar-refractivity contribution in [3.63, 3.8) is 0 Å². The van der Waals surface area contributed by atoms with Gasteiger partial charge in [0.1, 0.15) is 5.82 Å². The SMILES string of the molecule is COc1ccc(-c2c(C)nn3c(NCc4ccc(C(C)(C)C)cc4)cc(C)nc23)cc1OC. The van der Waals surface area contributed by atoms with Gasteiger partial charge in [-0.05, 0) is 48.1 Å². The Morgan fingerprint density at radius 2 is 1.61 bits per heavy atom. The quantitative estimate of drug-likeness (QED) is 0.399. The average molecular weight is 445 g/mol. The zero-order valence-electron chi connectivity index (χ0n) is 20.5. The molecule has 0 amide bonds. The summed E-state index contributed by atoms with van der Waals surface area (Å²) in [7, 11) is 3.28. The number of hydrogen-bond donors (Lipinski definition) is 1. The van der Waals surface area contributed by atoms with Gasteiger partial charge in [-0.2, -0.15) is 9.61 Å². The number of anilines is 1. The van der Waals surface area contributed by atoms with Gasteiger partial charge in [-0.3, -0.25) is 0 Å². The first-order valence-corrected chi connectivity index (χ1v) is 11.1. The van der Waals surface area contributed by atoms with E-state index >= 15 is 0 Å². The van der Waals surface area contributed by atoms with Crippen LogP contribution in [0, 0.1) is 13.8 Å². The monoisotopic (exact) mass is 444 g/mol. The van der Waals surface area contributed by atoms with Gasteiger partial charge < -0.3 is 14.8 Å². The third-order valence-corrected chi connectivity index (χ3v) is 5.86. The van der Waals surface area contributed by atoms with E-state index in [1.165, 1.54) is 11.1 Å². The van der Waals surface area contributed by atoms with Gasteiger partial charge in [-0.15, -0.1) is 0 Å². The fourth-order valence-electron chi connectivity index (χ4n) is 4.02. The van der Waals surface area contributed by atoms with E-state index in [0.717, 1.165) is 34.0 Å². The van der Waals surface area contributed by atoms with Crippen LogP contribution < -0.4 is 14.8 Å². The fraction of sp³-hybridized carbons (Fsp3) is 0.333. The average Bonchev–Trinajstić information content (AvgIpc) is 3.12. The fourth-order valence-corrected chi connectivity index (χ4v) is 4.02. The van der Waals surface area contributed by atoms with Crippen LogP contribution in [-0.2, 0) is 12.0 Å². The Balaban J connectivity index is 1.69. The molecule has 172 valence electrons. The van der Waals surface area contributed by atoms with Crippen LogP contribution in [0.15, 0.2) is 48.5 Å². The molecule has 0 aliphatic heterocycles. The molecule has 0 bridgehead atoms. The smallest absolute Gasteiger partial charge is 0.165 e. The van der Waals surface area contributed by atoms with Crippen molar-refractivity contribution in [2.45, 2.75) is 46.6 Å². The van der Waals surface area contributed by atoms with Gasteiger partial charge in [0.2, 0.25) is 0 Å². The first-order chi connectivity index (χ1) is 15.7. The van der Waals surface area contributed by atoms with Gasteiger partial charge in [0, 0.05) is 23.9 Å². The number of methoxy groups -OCH3 is 2. The second kappa shape index (κ2) is 8.77. The summed E-state index contributed by atoms with van der Waals surface area (Å²) < 4.78 is 12.8. The highest BCUT2D eigenvalue weighted by Gasteiger charge is 2.18. The summed E-state index contributed by atoms with van der Waals surface area (Å²) in [6, 6.07) is 16.7. The Bertz CT molecular complexity index is 1280. The lowest BCUT2D eigenvalue weighted by molar-refractivity contribution is 0.355. The summed E-state index contributed by atoms with van der Waals surface area (Å²) in [6.45, 7) is 11.4. The molecule has 1 N–H and O–H groups in total.